The number of nitrogens with zero attached hydrogens (tertiary/aromatic N) is 2. The molecule has 1 unspecified atom stereocenters. The largest absolute Gasteiger partial charge is 0.389 e. The van der Waals surface area contributed by atoms with Gasteiger partial charge in [-0.3, -0.25) is 0 Å². The Labute approximate surface area is 122 Å². The highest BCUT2D eigenvalue weighted by Gasteiger charge is 2.26. The van der Waals surface area contributed by atoms with E-state index in [1.165, 1.54) is 6.42 Å². The number of halogens is 1. The summed E-state index contributed by atoms with van der Waals surface area (Å²) in [6.45, 7) is 2.08. The van der Waals surface area contributed by atoms with Gasteiger partial charge in [0.05, 0.1) is 0 Å². The number of likely N-dealkylation sites (N-methyl/N-ethyl adjacent to an activating group) is 1. The minimum Gasteiger partial charge on any atom is -0.389 e. The molecule has 0 aliphatic carbocycles. The molecule has 1 aromatic carbocycles. The van der Waals surface area contributed by atoms with Gasteiger partial charge in [-0.2, -0.15) is 0 Å². The number of nitrogens with two attached hydrogens (primary N) is 1. The van der Waals surface area contributed by atoms with E-state index in [2.05, 4.69) is 45.9 Å². The van der Waals surface area contributed by atoms with Crippen molar-refractivity contribution in [2.75, 3.05) is 32.1 Å². The molecule has 98 valence electrons. The highest BCUT2D eigenvalue weighted by atomic mass is 79.9. The molecular weight excluding hydrogens is 310 g/mol. The van der Waals surface area contributed by atoms with E-state index in [-0.39, 0.29) is 0 Å². The first kappa shape index (κ1) is 13.8. The van der Waals surface area contributed by atoms with Crippen molar-refractivity contribution in [2.24, 2.45) is 5.73 Å². The van der Waals surface area contributed by atoms with Gasteiger partial charge in [0.1, 0.15) is 4.99 Å². The van der Waals surface area contributed by atoms with Crippen LogP contribution in [-0.2, 0) is 0 Å². The fourth-order valence-corrected chi connectivity index (χ4v) is 3.32. The highest BCUT2D eigenvalue weighted by Crippen LogP contribution is 2.30. The quantitative estimate of drug-likeness (QED) is 0.863. The maximum Gasteiger partial charge on any atom is 0.107 e. The molecule has 2 N–H and O–H groups in total. The van der Waals surface area contributed by atoms with E-state index in [1.807, 2.05) is 12.1 Å². The predicted octanol–water partition coefficient (Wildman–Crippen LogP) is 2.22. The van der Waals surface area contributed by atoms with Crippen LogP contribution in [0.4, 0.5) is 5.69 Å². The molecule has 0 aromatic heterocycles. The van der Waals surface area contributed by atoms with Crippen molar-refractivity contribution in [1.82, 2.24) is 4.90 Å². The molecular formula is C13H18BrN3S. The molecule has 1 atom stereocenters. The van der Waals surface area contributed by atoms with Gasteiger partial charge < -0.3 is 15.5 Å². The van der Waals surface area contributed by atoms with Crippen LogP contribution < -0.4 is 10.6 Å². The molecule has 0 bridgehead atoms. The average molecular weight is 328 g/mol. The lowest BCUT2D eigenvalue weighted by Crippen LogP contribution is -2.32. The van der Waals surface area contributed by atoms with Crippen molar-refractivity contribution >= 4 is 38.8 Å². The van der Waals surface area contributed by atoms with Crippen LogP contribution in [0.15, 0.2) is 22.7 Å². The Kier molecular flexibility index (Phi) is 4.25. The second-order valence-electron chi connectivity index (χ2n) is 4.85. The number of thiocarbonyl (C=S) groups is 1. The van der Waals surface area contributed by atoms with Gasteiger partial charge in [0.25, 0.3) is 0 Å². The maximum atomic E-state index is 5.84. The third-order valence-electron chi connectivity index (χ3n) is 3.47. The first-order chi connectivity index (χ1) is 8.50. The number of hydrogen-bond acceptors (Lipinski definition) is 3. The highest BCUT2D eigenvalue weighted by molar-refractivity contribution is 9.10. The molecule has 3 nitrogen and oxygen atoms in total. The molecule has 0 radical (unpaired) electrons. The Morgan fingerprint density at radius 1 is 1.50 bits per heavy atom. The van der Waals surface area contributed by atoms with Crippen LogP contribution in [0.1, 0.15) is 12.0 Å². The normalized spacial score (nSPS) is 19.6. The van der Waals surface area contributed by atoms with Crippen molar-refractivity contribution in [2.45, 2.75) is 12.5 Å². The summed E-state index contributed by atoms with van der Waals surface area (Å²) in [5, 5.41) is 0. The van der Waals surface area contributed by atoms with E-state index in [4.69, 9.17) is 18.0 Å². The zero-order valence-electron chi connectivity index (χ0n) is 10.7. The minimum atomic E-state index is 0.450. The number of hydrogen-bond donors (Lipinski definition) is 1. The van der Waals surface area contributed by atoms with E-state index < -0.39 is 0 Å². The molecule has 0 amide bonds. The first-order valence-corrected chi connectivity index (χ1v) is 7.20. The fourth-order valence-electron chi connectivity index (χ4n) is 2.40. The molecule has 18 heavy (non-hydrogen) atoms. The van der Waals surface area contributed by atoms with E-state index in [0.29, 0.717) is 11.0 Å². The van der Waals surface area contributed by atoms with Crippen LogP contribution in [0.25, 0.3) is 0 Å². The number of anilines is 1. The lowest BCUT2D eigenvalue weighted by molar-refractivity contribution is 0.315. The Balaban J connectivity index is 2.30. The Morgan fingerprint density at radius 2 is 2.22 bits per heavy atom. The molecule has 0 spiro atoms. The van der Waals surface area contributed by atoms with Crippen molar-refractivity contribution in [3.8, 4) is 0 Å². The number of rotatable bonds is 3. The lowest BCUT2D eigenvalue weighted by Gasteiger charge is -2.24. The first-order valence-electron chi connectivity index (χ1n) is 6.00. The summed E-state index contributed by atoms with van der Waals surface area (Å²) in [6, 6.07) is 6.71. The zero-order chi connectivity index (χ0) is 13.3. The van der Waals surface area contributed by atoms with Crippen LogP contribution in [0, 0.1) is 0 Å². The monoisotopic (exact) mass is 327 g/mol. The molecule has 1 aromatic rings. The topological polar surface area (TPSA) is 32.5 Å². The minimum absolute atomic E-state index is 0.450. The van der Waals surface area contributed by atoms with Crippen molar-refractivity contribution in [3.05, 3.63) is 28.2 Å². The van der Waals surface area contributed by atoms with Gasteiger partial charge in [0.15, 0.2) is 0 Å². The molecule has 2 rings (SSSR count). The van der Waals surface area contributed by atoms with Crippen LogP contribution in [0.5, 0.6) is 0 Å². The van der Waals surface area contributed by atoms with Crippen LogP contribution in [0.3, 0.4) is 0 Å². The van der Waals surface area contributed by atoms with E-state index in [1.54, 1.807) is 0 Å². The Hall–Kier alpha value is -0.650. The molecule has 1 heterocycles. The molecule has 5 heteroatoms. The Bertz CT molecular complexity index is 462. The van der Waals surface area contributed by atoms with Gasteiger partial charge >= 0.3 is 0 Å². The predicted molar refractivity (Wildman–Crippen MR) is 84.3 cm³/mol. The number of benzene rings is 1. The lowest BCUT2D eigenvalue weighted by atomic mass is 10.1. The van der Waals surface area contributed by atoms with Gasteiger partial charge in [-0.15, -0.1) is 0 Å². The van der Waals surface area contributed by atoms with E-state index in [9.17, 15) is 0 Å². The SMILES string of the molecule is CN(C)C1CCN(c2cccc(Br)c2C(N)=S)C1. The Morgan fingerprint density at radius 3 is 2.78 bits per heavy atom. The molecule has 1 aliphatic heterocycles. The van der Waals surface area contributed by atoms with Gasteiger partial charge in [-0.25, -0.2) is 0 Å². The summed E-state index contributed by atoms with van der Waals surface area (Å²) < 4.78 is 0.973. The summed E-state index contributed by atoms with van der Waals surface area (Å²) in [5.41, 5.74) is 7.93. The molecule has 1 fully saturated rings. The van der Waals surface area contributed by atoms with Gasteiger partial charge in [0, 0.05) is 34.9 Å². The van der Waals surface area contributed by atoms with E-state index >= 15 is 0 Å². The summed E-state index contributed by atoms with van der Waals surface area (Å²) in [5.74, 6) is 0. The van der Waals surface area contributed by atoms with Gasteiger partial charge in [-0.05, 0) is 48.6 Å². The van der Waals surface area contributed by atoms with Crippen molar-refractivity contribution in [3.63, 3.8) is 0 Å². The zero-order valence-corrected chi connectivity index (χ0v) is 13.1. The summed E-state index contributed by atoms with van der Waals surface area (Å²) in [6.07, 6.45) is 1.18. The van der Waals surface area contributed by atoms with Gasteiger partial charge in [-0.1, -0.05) is 18.3 Å². The van der Waals surface area contributed by atoms with Gasteiger partial charge in [0.2, 0.25) is 0 Å². The third kappa shape index (κ3) is 2.68. The molecule has 1 aliphatic rings. The molecule has 1 saturated heterocycles. The summed E-state index contributed by atoms with van der Waals surface area (Å²) >= 11 is 8.70. The second kappa shape index (κ2) is 5.55. The van der Waals surface area contributed by atoms with Crippen LogP contribution in [0.2, 0.25) is 0 Å². The summed E-state index contributed by atoms with van der Waals surface area (Å²) in [7, 11) is 4.26. The van der Waals surface area contributed by atoms with Crippen molar-refractivity contribution in [1.29, 1.82) is 0 Å². The van der Waals surface area contributed by atoms with Crippen LogP contribution >= 0.6 is 28.1 Å². The average Bonchev–Trinajstić information content (AvgIpc) is 2.77. The summed E-state index contributed by atoms with van der Waals surface area (Å²) in [4.78, 5) is 5.09. The third-order valence-corrected chi connectivity index (χ3v) is 4.34. The van der Waals surface area contributed by atoms with E-state index in [0.717, 1.165) is 28.8 Å². The maximum absolute atomic E-state index is 5.84. The second-order valence-corrected chi connectivity index (χ2v) is 6.14. The standard InChI is InChI=1S/C13H18BrN3S/c1-16(2)9-6-7-17(8-9)11-5-3-4-10(14)12(11)13(15)18/h3-5,9H,6-8H2,1-2H3,(H2,15,18). The van der Waals surface area contributed by atoms with Crippen molar-refractivity contribution < 1.29 is 0 Å². The smallest absolute Gasteiger partial charge is 0.107 e. The fraction of sp³-hybridized carbons (Fsp3) is 0.462. The van der Waals surface area contributed by atoms with Crippen LogP contribution in [-0.4, -0.2) is 43.1 Å². The molecule has 0 saturated carbocycles.